The third kappa shape index (κ3) is 1.39. The van der Waals surface area contributed by atoms with Crippen LogP contribution in [0.3, 0.4) is 0 Å². The van der Waals surface area contributed by atoms with Gasteiger partial charge in [-0.25, -0.2) is 0 Å². The van der Waals surface area contributed by atoms with Gasteiger partial charge in [0.1, 0.15) is 0 Å². The lowest BCUT2D eigenvalue weighted by Crippen LogP contribution is -2.60. The first kappa shape index (κ1) is 9.81. The molecule has 0 N–H and O–H groups in total. The van der Waals surface area contributed by atoms with Crippen molar-refractivity contribution in [2.24, 2.45) is 10.4 Å². The maximum atomic E-state index is 4.54. The molecule has 2 rings (SSSR count). The molecule has 1 fully saturated rings. The maximum absolute atomic E-state index is 4.54. The molecule has 3 nitrogen and oxygen atoms in total. The second kappa shape index (κ2) is 3.44. The molecule has 2 heterocycles. The Morgan fingerprint density at radius 1 is 1.29 bits per heavy atom. The van der Waals surface area contributed by atoms with Crippen LogP contribution in [0.2, 0.25) is 0 Å². The Labute approximate surface area is 86.8 Å². The molecule has 0 amide bonds. The molecule has 0 spiro atoms. The van der Waals surface area contributed by atoms with Crippen LogP contribution >= 0.6 is 0 Å². The second-order valence-electron chi connectivity index (χ2n) is 4.67. The van der Waals surface area contributed by atoms with Crippen molar-refractivity contribution in [3.63, 3.8) is 0 Å². The fraction of sp³-hybridized carbons (Fsp3) is 0.909. The number of likely N-dealkylation sites (N-methyl/N-ethyl adjacent to an activating group) is 1. The number of hydrogen-bond donors (Lipinski definition) is 0. The largest absolute Gasteiger partial charge is 0.344 e. The van der Waals surface area contributed by atoms with Crippen LogP contribution in [0.1, 0.15) is 26.7 Å². The van der Waals surface area contributed by atoms with Crippen molar-refractivity contribution < 1.29 is 0 Å². The maximum Gasteiger partial charge on any atom is 0.196 e. The molecule has 0 bridgehead atoms. The first-order valence-electron chi connectivity index (χ1n) is 5.71. The van der Waals surface area contributed by atoms with Gasteiger partial charge in [0.2, 0.25) is 0 Å². The van der Waals surface area contributed by atoms with Crippen molar-refractivity contribution in [3.05, 3.63) is 0 Å². The SMILES string of the molecule is CCC1(CC)CN(C2=NCCN2C)C1. The van der Waals surface area contributed by atoms with Gasteiger partial charge in [0.05, 0.1) is 6.54 Å². The van der Waals surface area contributed by atoms with Crippen molar-refractivity contribution in [1.82, 2.24) is 9.80 Å². The Bertz CT molecular complexity index is 235. The predicted molar refractivity (Wildman–Crippen MR) is 59.5 cm³/mol. The lowest BCUT2D eigenvalue weighted by Gasteiger charge is -2.51. The molecular weight excluding hydrogens is 174 g/mol. The van der Waals surface area contributed by atoms with E-state index >= 15 is 0 Å². The number of rotatable bonds is 2. The Morgan fingerprint density at radius 3 is 2.36 bits per heavy atom. The zero-order valence-electron chi connectivity index (χ0n) is 9.58. The van der Waals surface area contributed by atoms with Gasteiger partial charge in [-0.15, -0.1) is 0 Å². The lowest BCUT2D eigenvalue weighted by molar-refractivity contribution is 0.0425. The summed E-state index contributed by atoms with van der Waals surface area (Å²) in [5, 5.41) is 0. The van der Waals surface area contributed by atoms with E-state index in [0.717, 1.165) is 13.1 Å². The molecule has 3 heteroatoms. The molecule has 1 saturated heterocycles. The van der Waals surface area contributed by atoms with Crippen molar-refractivity contribution in [2.75, 3.05) is 33.2 Å². The highest BCUT2D eigenvalue weighted by Gasteiger charge is 2.42. The minimum atomic E-state index is 0.589. The summed E-state index contributed by atoms with van der Waals surface area (Å²) < 4.78 is 0. The van der Waals surface area contributed by atoms with Crippen molar-refractivity contribution in [1.29, 1.82) is 0 Å². The molecule has 2 aliphatic heterocycles. The molecule has 0 radical (unpaired) electrons. The zero-order valence-corrected chi connectivity index (χ0v) is 9.58. The van der Waals surface area contributed by atoms with Gasteiger partial charge in [-0.2, -0.15) is 0 Å². The second-order valence-corrected chi connectivity index (χ2v) is 4.67. The molecule has 0 aromatic heterocycles. The average Bonchev–Trinajstić information content (AvgIpc) is 2.52. The number of guanidine groups is 1. The van der Waals surface area contributed by atoms with E-state index in [2.05, 4.69) is 35.7 Å². The van der Waals surface area contributed by atoms with E-state index in [4.69, 9.17) is 0 Å². The highest BCUT2D eigenvalue weighted by atomic mass is 15.4. The molecule has 2 aliphatic rings. The Kier molecular flexibility index (Phi) is 2.41. The quantitative estimate of drug-likeness (QED) is 0.663. The molecule has 0 aromatic carbocycles. The van der Waals surface area contributed by atoms with Crippen LogP contribution in [0.4, 0.5) is 0 Å². The third-order valence-corrected chi connectivity index (χ3v) is 3.87. The topological polar surface area (TPSA) is 18.8 Å². The summed E-state index contributed by atoms with van der Waals surface area (Å²) in [5.74, 6) is 1.22. The summed E-state index contributed by atoms with van der Waals surface area (Å²) in [5.41, 5.74) is 0.589. The van der Waals surface area contributed by atoms with Crippen LogP contribution in [-0.2, 0) is 0 Å². The summed E-state index contributed by atoms with van der Waals surface area (Å²) in [4.78, 5) is 9.24. The first-order valence-corrected chi connectivity index (χ1v) is 5.71. The van der Waals surface area contributed by atoms with Gasteiger partial charge in [-0.3, -0.25) is 4.99 Å². The normalized spacial score (nSPS) is 24.9. The number of aliphatic imine (C=N–C) groups is 1. The van der Waals surface area contributed by atoms with E-state index in [1.165, 1.54) is 31.9 Å². The number of likely N-dealkylation sites (tertiary alicyclic amines) is 1. The van der Waals surface area contributed by atoms with E-state index in [0.29, 0.717) is 5.41 Å². The van der Waals surface area contributed by atoms with Crippen LogP contribution in [0.15, 0.2) is 4.99 Å². The van der Waals surface area contributed by atoms with Gasteiger partial charge in [-0.1, -0.05) is 13.8 Å². The van der Waals surface area contributed by atoms with Crippen molar-refractivity contribution >= 4 is 5.96 Å². The number of nitrogens with zero attached hydrogens (tertiary/aromatic N) is 3. The Balaban J connectivity index is 1.93. The smallest absolute Gasteiger partial charge is 0.196 e. The van der Waals surface area contributed by atoms with Crippen molar-refractivity contribution in [3.8, 4) is 0 Å². The van der Waals surface area contributed by atoms with Crippen LogP contribution in [0.5, 0.6) is 0 Å². The van der Waals surface area contributed by atoms with Crippen molar-refractivity contribution in [2.45, 2.75) is 26.7 Å². The van der Waals surface area contributed by atoms with Gasteiger partial charge in [0, 0.05) is 32.1 Å². The standard InChI is InChI=1S/C11H21N3/c1-4-11(5-2)8-14(9-11)10-12-6-7-13(10)3/h4-9H2,1-3H3. The molecule has 14 heavy (non-hydrogen) atoms. The van der Waals surface area contributed by atoms with Gasteiger partial charge >= 0.3 is 0 Å². The minimum Gasteiger partial charge on any atom is -0.344 e. The Hall–Kier alpha value is -0.730. The van der Waals surface area contributed by atoms with E-state index in [9.17, 15) is 0 Å². The highest BCUT2D eigenvalue weighted by Crippen LogP contribution is 2.37. The van der Waals surface area contributed by atoms with Crippen LogP contribution < -0.4 is 0 Å². The highest BCUT2D eigenvalue weighted by molar-refractivity contribution is 5.82. The van der Waals surface area contributed by atoms with Gasteiger partial charge in [0.15, 0.2) is 5.96 Å². The molecule has 0 aliphatic carbocycles. The fourth-order valence-corrected chi connectivity index (χ4v) is 2.46. The van der Waals surface area contributed by atoms with Gasteiger partial charge in [0.25, 0.3) is 0 Å². The molecule has 0 unspecified atom stereocenters. The average molecular weight is 195 g/mol. The predicted octanol–water partition coefficient (Wildman–Crippen LogP) is 1.41. The first-order chi connectivity index (χ1) is 6.71. The number of hydrogen-bond acceptors (Lipinski definition) is 3. The van der Waals surface area contributed by atoms with Crippen LogP contribution in [0, 0.1) is 5.41 Å². The van der Waals surface area contributed by atoms with E-state index in [1.807, 2.05) is 0 Å². The summed E-state index contributed by atoms with van der Waals surface area (Å²) in [7, 11) is 2.14. The Morgan fingerprint density at radius 2 is 1.93 bits per heavy atom. The van der Waals surface area contributed by atoms with Gasteiger partial charge in [-0.05, 0) is 12.8 Å². The van der Waals surface area contributed by atoms with Crippen LogP contribution in [-0.4, -0.2) is 49.0 Å². The molecule has 80 valence electrons. The lowest BCUT2D eigenvalue weighted by atomic mass is 9.75. The summed E-state index contributed by atoms with van der Waals surface area (Å²) in [6.45, 7) is 9.11. The minimum absolute atomic E-state index is 0.589. The monoisotopic (exact) mass is 195 g/mol. The van der Waals surface area contributed by atoms with E-state index in [1.54, 1.807) is 0 Å². The molecule has 0 saturated carbocycles. The third-order valence-electron chi connectivity index (χ3n) is 3.87. The fourth-order valence-electron chi connectivity index (χ4n) is 2.46. The molecule has 0 aromatic rings. The van der Waals surface area contributed by atoms with Crippen LogP contribution in [0.25, 0.3) is 0 Å². The summed E-state index contributed by atoms with van der Waals surface area (Å²) in [6, 6.07) is 0. The summed E-state index contributed by atoms with van der Waals surface area (Å²) in [6.07, 6.45) is 2.61. The summed E-state index contributed by atoms with van der Waals surface area (Å²) >= 11 is 0. The zero-order chi connectivity index (χ0) is 10.2. The molecular formula is C11H21N3. The van der Waals surface area contributed by atoms with E-state index in [-0.39, 0.29) is 0 Å². The van der Waals surface area contributed by atoms with Gasteiger partial charge < -0.3 is 9.80 Å². The van der Waals surface area contributed by atoms with E-state index < -0.39 is 0 Å². The molecule has 0 atom stereocenters.